The van der Waals surface area contributed by atoms with Crippen molar-refractivity contribution in [3.05, 3.63) is 53.3 Å². The van der Waals surface area contributed by atoms with E-state index in [1.165, 1.54) is 0 Å². The van der Waals surface area contributed by atoms with Crippen molar-refractivity contribution >= 4 is 28.3 Å². The molecule has 0 aliphatic rings. The van der Waals surface area contributed by atoms with Crippen molar-refractivity contribution in [1.82, 2.24) is 9.55 Å². The van der Waals surface area contributed by atoms with Gasteiger partial charge >= 0.3 is 0 Å². The van der Waals surface area contributed by atoms with Crippen LogP contribution in [0.15, 0.2) is 42.5 Å². The van der Waals surface area contributed by atoms with Gasteiger partial charge in [-0.2, -0.15) is 0 Å². The van der Waals surface area contributed by atoms with Gasteiger partial charge < -0.3 is 15.0 Å². The first-order chi connectivity index (χ1) is 10.2. The summed E-state index contributed by atoms with van der Waals surface area (Å²) in [5, 5.41) is 0.687. The number of nitrogens with zero attached hydrogens (tertiary/aromatic N) is 2. The van der Waals surface area contributed by atoms with E-state index in [2.05, 4.69) is 16.5 Å². The number of aromatic nitrogens is 2. The van der Waals surface area contributed by atoms with Crippen LogP contribution in [0.4, 0.5) is 5.69 Å². The number of imidazole rings is 1. The lowest BCUT2D eigenvalue weighted by Gasteiger charge is -2.08. The number of fused-ring (bicyclic) bond motifs is 1. The Labute approximate surface area is 128 Å². The second-order valence-corrected chi connectivity index (χ2v) is 5.20. The predicted octanol–water partition coefficient (Wildman–Crippen LogP) is 3.87. The monoisotopic (exact) mass is 301 g/mol. The Kier molecular flexibility index (Phi) is 3.71. The molecule has 0 aliphatic carbocycles. The third kappa shape index (κ3) is 2.81. The van der Waals surface area contributed by atoms with Crippen LogP contribution in [0, 0.1) is 0 Å². The van der Waals surface area contributed by atoms with Gasteiger partial charge in [-0.25, -0.2) is 4.98 Å². The van der Waals surface area contributed by atoms with E-state index in [-0.39, 0.29) is 0 Å². The standard InChI is InChI=1S/C16H16ClN3O/c1-2-20-15-7-6-11(17)8-14(15)19-16(20)10-21-13-5-3-4-12(18)9-13/h3-9H,2,10,18H2,1H3. The number of hydrogen-bond acceptors (Lipinski definition) is 3. The maximum Gasteiger partial charge on any atom is 0.147 e. The second kappa shape index (κ2) is 5.66. The van der Waals surface area contributed by atoms with Crippen LogP contribution in [0.3, 0.4) is 0 Å². The zero-order valence-corrected chi connectivity index (χ0v) is 12.5. The molecule has 0 unspecified atom stereocenters. The highest BCUT2D eigenvalue weighted by atomic mass is 35.5. The lowest BCUT2D eigenvalue weighted by molar-refractivity contribution is 0.291. The first kappa shape index (κ1) is 13.8. The van der Waals surface area contributed by atoms with Gasteiger partial charge in [0.25, 0.3) is 0 Å². The lowest BCUT2D eigenvalue weighted by Crippen LogP contribution is -2.06. The highest BCUT2D eigenvalue weighted by Crippen LogP contribution is 2.22. The zero-order chi connectivity index (χ0) is 14.8. The molecule has 0 bridgehead atoms. The van der Waals surface area contributed by atoms with Crippen LogP contribution < -0.4 is 10.5 Å². The molecule has 0 radical (unpaired) electrons. The number of nitrogens with two attached hydrogens (primary N) is 1. The third-order valence-corrected chi connectivity index (χ3v) is 3.57. The largest absolute Gasteiger partial charge is 0.486 e. The van der Waals surface area contributed by atoms with E-state index in [4.69, 9.17) is 22.1 Å². The molecule has 3 rings (SSSR count). The Bertz CT molecular complexity index is 782. The van der Waals surface area contributed by atoms with Gasteiger partial charge in [-0.1, -0.05) is 17.7 Å². The summed E-state index contributed by atoms with van der Waals surface area (Å²) in [6.45, 7) is 3.30. The average Bonchev–Trinajstić information content (AvgIpc) is 2.81. The van der Waals surface area contributed by atoms with E-state index >= 15 is 0 Å². The molecule has 1 heterocycles. The van der Waals surface area contributed by atoms with Gasteiger partial charge in [0.2, 0.25) is 0 Å². The van der Waals surface area contributed by atoms with Gasteiger partial charge in [-0.15, -0.1) is 0 Å². The molecule has 0 saturated carbocycles. The van der Waals surface area contributed by atoms with Crippen molar-refractivity contribution in [3.8, 4) is 5.75 Å². The van der Waals surface area contributed by atoms with Gasteiger partial charge in [0.05, 0.1) is 11.0 Å². The Balaban J connectivity index is 1.89. The molecule has 3 aromatic rings. The quantitative estimate of drug-likeness (QED) is 0.744. The SMILES string of the molecule is CCn1c(COc2cccc(N)c2)nc2cc(Cl)ccc21. The van der Waals surface area contributed by atoms with Crippen LogP contribution >= 0.6 is 11.6 Å². The van der Waals surface area contributed by atoms with Crippen molar-refractivity contribution in [2.45, 2.75) is 20.1 Å². The molecule has 0 spiro atoms. The number of anilines is 1. The highest BCUT2D eigenvalue weighted by molar-refractivity contribution is 6.31. The first-order valence-corrected chi connectivity index (χ1v) is 7.18. The molecule has 108 valence electrons. The molecule has 5 heteroatoms. The predicted molar refractivity (Wildman–Crippen MR) is 85.6 cm³/mol. The van der Waals surface area contributed by atoms with Gasteiger partial charge in [0, 0.05) is 23.3 Å². The van der Waals surface area contributed by atoms with Crippen molar-refractivity contribution in [1.29, 1.82) is 0 Å². The summed E-state index contributed by atoms with van der Waals surface area (Å²) in [5.41, 5.74) is 8.38. The Morgan fingerprint density at radius 2 is 2.10 bits per heavy atom. The molecule has 1 aromatic heterocycles. The molecule has 21 heavy (non-hydrogen) atoms. The maximum atomic E-state index is 6.02. The Morgan fingerprint density at radius 3 is 2.86 bits per heavy atom. The minimum Gasteiger partial charge on any atom is -0.486 e. The fourth-order valence-electron chi connectivity index (χ4n) is 2.37. The molecular formula is C16H16ClN3O. The number of halogens is 1. The highest BCUT2D eigenvalue weighted by Gasteiger charge is 2.10. The van der Waals surface area contributed by atoms with Crippen molar-refractivity contribution in [3.63, 3.8) is 0 Å². The topological polar surface area (TPSA) is 53.1 Å². The normalized spacial score (nSPS) is 11.0. The van der Waals surface area contributed by atoms with Crippen LogP contribution in [0.2, 0.25) is 5.02 Å². The van der Waals surface area contributed by atoms with Crippen molar-refractivity contribution in [2.75, 3.05) is 5.73 Å². The van der Waals surface area contributed by atoms with E-state index in [0.717, 1.165) is 29.2 Å². The number of ether oxygens (including phenoxy) is 1. The molecule has 0 aliphatic heterocycles. The van der Waals surface area contributed by atoms with E-state index in [0.29, 0.717) is 17.3 Å². The zero-order valence-electron chi connectivity index (χ0n) is 11.7. The summed E-state index contributed by atoms with van der Waals surface area (Å²) in [7, 11) is 0. The number of benzene rings is 2. The first-order valence-electron chi connectivity index (χ1n) is 6.80. The summed E-state index contributed by atoms with van der Waals surface area (Å²) in [5.74, 6) is 1.61. The molecule has 4 nitrogen and oxygen atoms in total. The van der Waals surface area contributed by atoms with Crippen LogP contribution in [0.25, 0.3) is 11.0 Å². The number of hydrogen-bond donors (Lipinski definition) is 1. The Hall–Kier alpha value is -2.20. The summed E-state index contributed by atoms with van der Waals surface area (Å²) in [6.07, 6.45) is 0. The third-order valence-electron chi connectivity index (χ3n) is 3.33. The van der Waals surface area contributed by atoms with Gasteiger partial charge in [0.1, 0.15) is 18.2 Å². The van der Waals surface area contributed by atoms with Crippen LogP contribution in [-0.4, -0.2) is 9.55 Å². The fraction of sp³-hybridized carbons (Fsp3) is 0.188. The maximum absolute atomic E-state index is 6.02. The van der Waals surface area contributed by atoms with Gasteiger partial charge in [0.15, 0.2) is 0 Å². The van der Waals surface area contributed by atoms with Gasteiger partial charge in [-0.05, 0) is 37.3 Å². The molecule has 0 fully saturated rings. The molecule has 2 N–H and O–H groups in total. The lowest BCUT2D eigenvalue weighted by atomic mass is 10.3. The smallest absolute Gasteiger partial charge is 0.147 e. The summed E-state index contributed by atoms with van der Waals surface area (Å²) in [6, 6.07) is 13.1. The molecule has 2 aromatic carbocycles. The van der Waals surface area contributed by atoms with Gasteiger partial charge in [-0.3, -0.25) is 0 Å². The molecular weight excluding hydrogens is 286 g/mol. The van der Waals surface area contributed by atoms with E-state index < -0.39 is 0 Å². The van der Waals surface area contributed by atoms with E-state index in [1.54, 1.807) is 6.07 Å². The molecule has 0 atom stereocenters. The summed E-state index contributed by atoms with van der Waals surface area (Å²) in [4.78, 5) is 4.60. The summed E-state index contributed by atoms with van der Waals surface area (Å²) >= 11 is 6.02. The van der Waals surface area contributed by atoms with E-state index in [1.807, 2.05) is 36.4 Å². The number of aryl methyl sites for hydroxylation is 1. The number of rotatable bonds is 4. The fourth-order valence-corrected chi connectivity index (χ4v) is 2.53. The Morgan fingerprint density at radius 1 is 1.24 bits per heavy atom. The minimum absolute atomic E-state index is 0.392. The van der Waals surface area contributed by atoms with Crippen LogP contribution in [0.5, 0.6) is 5.75 Å². The minimum atomic E-state index is 0.392. The summed E-state index contributed by atoms with van der Waals surface area (Å²) < 4.78 is 7.90. The van der Waals surface area contributed by atoms with Crippen LogP contribution in [0.1, 0.15) is 12.7 Å². The number of nitrogen functional groups attached to an aromatic ring is 1. The average molecular weight is 302 g/mol. The van der Waals surface area contributed by atoms with E-state index in [9.17, 15) is 0 Å². The van der Waals surface area contributed by atoms with Crippen molar-refractivity contribution in [2.24, 2.45) is 0 Å². The molecule has 0 saturated heterocycles. The second-order valence-electron chi connectivity index (χ2n) is 4.77. The molecule has 0 amide bonds. The van der Waals surface area contributed by atoms with Crippen LogP contribution in [-0.2, 0) is 13.2 Å². The van der Waals surface area contributed by atoms with Crippen molar-refractivity contribution < 1.29 is 4.74 Å².